The van der Waals surface area contributed by atoms with Gasteiger partial charge in [-0.3, -0.25) is 10.1 Å². The summed E-state index contributed by atoms with van der Waals surface area (Å²) in [5.74, 6) is -4.00. The average Bonchev–Trinajstić information content (AvgIpc) is 3.59. The third-order valence-electron chi connectivity index (χ3n) is 7.46. The number of nitro groups is 1. The second-order valence-corrected chi connectivity index (χ2v) is 10.7. The Morgan fingerprint density at radius 1 is 0.608 bits per heavy atom. The standard InChI is InChI=1S/C36H23NO14/c38-31(22-5-10-26-28(18-22)35(42)50-33(26)40)48-15-13-46-25-9-12-30(21(17-25)4-1-20-2-7-24(8-3-20)37(44)45)47-14-16-49-32(39)23-6-11-27-29(19-23)36(43)51-34(27)41/h1-12,17-19H,13-16H2/b4-1-. The summed E-state index contributed by atoms with van der Waals surface area (Å²) in [6.45, 7) is -0.442. The van der Waals surface area contributed by atoms with E-state index in [1.165, 1.54) is 48.5 Å². The SMILES string of the molecule is O=C(OCCOc1ccc(OCCOC(=O)c2ccc3c(c2)C(=O)OC3=O)c(/C=C\c2ccc([N+](=O)[O-])cc2)c1)c1ccc2c(c1)C(=O)OC2=O. The van der Waals surface area contributed by atoms with Gasteiger partial charge in [0.15, 0.2) is 0 Å². The first-order valence-electron chi connectivity index (χ1n) is 15.0. The van der Waals surface area contributed by atoms with Crippen molar-refractivity contribution in [1.29, 1.82) is 0 Å². The average molecular weight is 694 g/mol. The van der Waals surface area contributed by atoms with E-state index in [9.17, 15) is 38.9 Å². The van der Waals surface area contributed by atoms with Crippen molar-refractivity contribution in [1.82, 2.24) is 0 Å². The van der Waals surface area contributed by atoms with E-state index in [0.29, 0.717) is 22.6 Å². The van der Waals surface area contributed by atoms with Crippen molar-refractivity contribution in [3.05, 3.63) is 133 Å². The molecule has 15 heteroatoms. The largest absolute Gasteiger partial charge is 0.490 e. The number of hydrogen-bond acceptors (Lipinski definition) is 14. The Morgan fingerprint density at radius 3 is 1.69 bits per heavy atom. The van der Waals surface area contributed by atoms with Crippen molar-refractivity contribution >= 4 is 53.7 Å². The van der Waals surface area contributed by atoms with Crippen LogP contribution in [0.2, 0.25) is 0 Å². The third kappa shape index (κ3) is 7.62. The van der Waals surface area contributed by atoms with E-state index in [0.717, 1.165) is 0 Å². The lowest BCUT2D eigenvalue weighted by Crippen LogP contribution is -2.14. The number of carbonyl (C=O) groups excluding carboxylic acids is 6. The molecule has 0 aromatic heterocycles. The van der Waals surface area contributed by atoms with Crippen LogP contribution in [-0.2, 0) is 18.9 Å². The van der Waals surface area contributed by atoms with Crippen molar-refractivity contribution in [3.63, 3.8) is 0 Å². The number of cyclic esters (lactones) is 4. The van der Waals surface area contributed by atoms with E-state index in [1.807, 2.05) is 0 Å². The molecule has 2 aliphatic heterocycles. The number of carbonyl (C=O) groups is 6. The Labute approximate surface area is 287 Å². The molecule has 0 unspecified atom stereocenters. The number of nitrogens with zero attached hydrogens (tertiary/aromatic N) is 1. The van der Waals surface area contributed by atoms with Crippen molar-refractivity contribution < 1.29 is 62.1 Å². The van der Waals surface area contributed by atoms with Crippen molar-refractivity contribution in [3.8, 4) is 11.5 Å². The van der Waals surface area contributed by atoms with E-state index in [-0.39, 0.29) is 65.5 Å². The lowest BCUT2D eigenvalue weighted by atomic mass is 10.1. The molecule has 15 nitrogen and oxygen atoms in total. The summed E-state index contributed by atoms with van der Waals surface area (Å²) in [6, 6.07) is 18.5. The Bertz CT molecular complexity index is 2150. The lowest BCUT2D eigenvalue weighted by Gasteiger charge is -2.13. The van der Waals surface area contributed by atoms with Gasteiger partial charge in [0.25, 0.3) is 5.69 Å². The molecule has 4 aromatic rings. The Morgan fingerprint density at radius 2 is 1.14 bits per heavy atom. The molecule has 51 heavy (non-hydrogen) atoms. The molecular formula is C36H23NO14. The molecule has 256 valence electrons. The minimum Gasteiger partial charge on any atom is -0.490 e. The molecule has 6 rings (SSSR count). The number of ether oxygens (including phenoxy) is 6. The van der Waals surface area contributed by atoms with Gasteiger partial charge in [0.05, 0.1) is 38.3 Å². The summed E-state index contributed by atoms with van der Waals surface area (Å²) >= 11 is 0. The summed E-state index contributed by atoms with van der Waals surface area (Å²) in [7, 11) is 0. The van der Waals surface area contributed by atoms with E-state index in [4.69, 9.17) is 18.9 Å². The van der Waals surface area contributed by atoms with Crippen LogP contribution in [0.1, 0.15) is 73.3 Å². The van der Waals surface area contributed by atoms with E-state index in [2.05, 4.69) is 9.47 Å². The molecule has 0 fully saturated rings. The first-order valence-corrected chi connectivity index (χ1v) is 15.0. The fraction of sp³-hybridized carbons (Fsp3) is 0.111. The van der Waals surface area contributed by atoms with Crippen molar-refractivity contribution in [2.45, 2.75) is 0 Å². The van der Waals surface area contributed by atoms with Crippen LogP contribution >= 0.6 is 0 Å². The topological polar surface area (TPSA) is 201 Å². The van der Waals surface area contributed by atoms with Gasteiger partial charge in [-0.25, -0.2) is 28.8 Å². The second-order valence-electron chi connectivity index (χ2n) is 10.7. The minimum atomic E-state index is -0.847. The quantitative estimate of drug-likeness (QED) is 0.0349. The first-order chi connectivity index (χ1) is 24.6. The van der Waals surface area contributed by atoms with Crippen LogP contribution in [0.3, 0.4) is 0 Å². The van der Waals surface area contributed by atoms with Crippen LogP contribution in [0.15, 0.2) is 78.9 Å². The molecule has 2 aliphatic rings. The molecule has 4 aromatic carbocycles. The van der Waals surface area contributed by atoms with E-state index in [1.54, 1.807) is 42.5 Å². The zero-order chi connectivity index (χ0) is 36.1. The number of non-ortho nitro benzene ring substituents is 1. The number of fused-ring (bicyclic) bond motifs is 2. The van der Waals surface area contributed by atoms with Gasteiger partial charge in [-0.1, -0.05) is 12.2 Å². The smallest absolute Gasteiger partial charge is 0.346 e. The summed E-state index contributed by atoms with van der Waals surface area (Å²) in [5.41, 5.74) is 1.30. The molecule has 0 bridgehead atoms. The van der Waals surface area contributed by atoms with Crippen LogP contribution in [0, 0.1) is 10.1 Å². The van der Waals surface area contributed by atoms with Gasteiger partial charge < -0.3 is 28.4 Å². The Kier molecular flexibility index (Phi) is 9.61. The highest BCUT2D eigenvalue weighted by atomic mass is 16.6. The molecular weight excluding hydrogens is 670 g/mol. The first kappa shape index (κ1) is 33.7. The van der Waals surface area contributed by atoms with Crippen LogP contribution in [0.25, 0.3) is 12.2 Å². The summed E-state index contributed by atoms with van der Waals surface area (Å²) in [4.78, 5) is 82.4. The minimum absolute atomic E-state index is 0.0217. The normalized spacial score (nSPS) is 12.9. The number of esters is 6. The van der Waals surface area contributed by atoms with Crippen molar-refractivity contribution in [2.75, 3.05) is 26.4 Å². The third-order valence-corrected chi connectivity index (χ3v) is 7.46. The molecule has 2 heterocycles. The summed E-state index contributed by atoms with van der Waals surface area (Å²) in [6.07, 6.45) is 3.38. The predicted octanol–water partition coefficient (Wildman–Crippen LogP) is 4.86. The number of nitro benzene ring substituents is 1. The van der Waals surface area contributed by atoms with Gasteiger partial charge in [0.2, 0.25) is 0 Å². The highest BCUT2D eigenvalue weighted by molar-refractivity contribution is 6.16. The second kappa shape index (κ2) is 14.5. The van der Waals surface area contributed by atoms with Gasteiger partial charge in [-0.15, -0.1) is 0 Å². The van der Waals surface area contributed by atoms with Gasteiger partial charge in [0, 0.05) is 17.7 Å². The molecule has 0 radical (unpaired) electrons. The molecule has 0 amide bonds. The molecule has 0 saturated carbocycles. The molecule has 0 atom stereocenters. The van der Waals surface area contributed by atoms with Crippen LogP contribution in [-0.4, -0.2) is 67.2 Å². The maximum atomic E-state index is 12.6. The van der Waals surface area contributed by atoms with Gasteiger partial charge >= 0.3 is 35.8 Å². The van der Waals surface area contributed by atoms with Crippen LogP contribution in [0.4, 0.5) is 5.69 Å². The monoisotopic (exact) mass is 693 g/mol. The van der Waals surface area contributed by atoms with Crippen LogP contribution < -0.4 is 9.47 Å². The molecule has 0 saturated heterocycles. The fourth-order valence-electron chi connectivity index (χ4n) is 4.94. The molecule has 0 N–H and O–H groups in total. The summed E-state index contributed by atoms with van der Waals surface area (Å²) in [5, 5.41) is 11.0. The van der Waals surface area contributed by atoms with Gasteiger partial charge in [0.1, 0.15) is 37.9 Å². The van der Waals surface area contributed by atoms with Crippen molar-refractivity contribution in [2.24, 2.45) is 0 Å². The zero-order valence-corrected chi connectivity index (χ0v) is 26.2. The lowest BCUT2D eigenvalue weighted by molar-refractivity contribution is -0.384. The summed E-state index contributed by atoms with van der Waals surface area (Å²) < 4.78 is 31.2. The van der Waals surface area contributed by atoms with E-state index < -0.39 is 40.7 Å². The highest BCUT2D eigenvalue weighted by Crippen LogP contribution is 2.28. The Balaban J connectivity index is 1.07. The van der Waals surface area contributed by atoms with Crippen LogP contribution in [0.5, 0.6) is 11.5 Å². The van der Waals surface area contributed by atoms with E-state index >= 15 is 0 Å². The highest BCUT2D eigenvalue weighted by Gasteiger charge is 2.31. The van der Waals surface area contributed by atoms with Gasteiger partial charge in [-0.05, 0) is 72.3 Å². The van der Waals surface area contributed by atoms with Gasteiger partial charge in [-0.2, -0.15) is 0 Å². The maximum absolute atomic E-state index is 12.6. The molecule has 0 aliphatic carbocycles. The number of hydrogen-bond donors (Lipinski definition) is 0. The predicted molar refractivity (Wildman–Crippen MR) is 172 cm³/mol. The zero-order valence-electron chi connectivity index (χ0n) is 26.2. The number of rotatable bonds is 13. The maximum Gasteiger partial charge on any atom is 0.346 e. The number of benzene rings is 4. The fourth-order valence-corrected chi connectivity index (χ4v) is 4.94. The Hall–Kier alpha value is -7.16. The molecule has 0 spiro atoms.